The summed E-state index contributed by atoms with van der Waals surface area (Å²) in [6.45, 7) is 2.14. The van der Waals surface area contributed by atoms with Crippen molar-refractivity contribution in [2.45, 2.75) is 6.92 Å². The number of carbonyl (C=O) groups is 1. The highest BCUT2D eigenvalue weighted by molar-refractivity contribution is 5.90. The van der Waals surface area contributed by atoms with Gasteiger partial charge in [-0.15, -0.1) is 0 Å². The Labute approximate surface area is 87.5 Å². The van der Waals surface area contributed by atoms with Crippen LogP contribution in [-0.4, -0.2) is 22.1 Å². The second-order valence-corrected chi connectivity index (χ2v) is 3.20. The molecule has 2 aromatic rings. The van der Waals surface area contributed by atoms with Gasteiger partial charge >= 0.3 is 5.97 Å². The predicted molar refractivity (Wildman–Crippen MR) is 56.7 cm³/mol. The van der Waals surface area contributed by atoms with Gasteiger partial charge in [-0.05, 0) is 19.1 Å². The Bertz CT molecular complexity index is 502. The van der Waals surface area contributed by atoms with E-state index in [0.29, 0.717) is 12.4 Å². The van der Waals surface area contributed by atoms with E-state index in [1.807, 2.05) is 31.3 Å². The number of benzene rings is 1. The summed E-state index contributed by atoms with van der Waals surface area (Å²) in [6, 6.07) is 7.60. The molecular weight excluding hydrogens is 192 g/mol. The van der Waals surface area contributed by atoms with Gasteiger partial charge in [0.2, 0.25) is 5.82 Å². The first-order chi connectivity index (χ1) is 7.24. The van der Waals surface area contributed by atoms with Gasteiger partial charge in [-0.25, -0.2) is 9.78 Å². The number of aryl methyl sites for hydroxylation is 1. The predicted octanol–water partition coefficient (Wildman–Crippen LogP) is 1.75. The lowest BCUT2D eigenvalue weighted by molar-refractivity contribution is 0.0508. The number of carbonyl (C=O) groups excluding carboxylic acids is 1. The van der Waals surface area contributed by atoms with E-state index >= 15 is 0 Å². The highest BCUT2D eigenvalue weighted by atomic mass is 16.5. The van der Waals surface area contributed by atoms with E-state index in [-0.39, 0.29) is 5.97 Å². The molecule has 0 atom stereocenters. The molecule has 0 saturated carbocycles. The van der Waals surface area contributed by atoms with E-state index in [1.54, 1.807) is 11.5 Å². The van der Waals surface area contributed by atoms with E-state index in [9.17, 15) is 4.79 Å². The van der Waals surface area contributed by atoms with Crippen LogP contribution >= 0.6 is 0 Å². The molecule has 0 radical (unpaired) electrons. The Kier molecular flexibility index (Phi) is 2.41. The van der Waals surface area contributed by atoms with E-state index in [2.05, 4.69) is 4.98 Å². The number of hydrogen-bond acceptors (Lipinski definition) is 3. The third-order valence-corrected chi connectivity index (χ3v) is 2.25. The van der Waals surface area contributed by atoms with Crippen LogP contribution in [0.5, 0.6) is 0 Å². The molecule has 0 saturated heterocycles. The minimum absolute atomic E-state index is 0.345. The average Bonchev–Trinajstić information content (AvgIpc) is 2.57. The normalized spacial score (nSPS) is 10.5. The molecule has 0 aliphatic heterocycles. The van der Waals surface area contributed by atoms with Crippen LogP contribution in [0.2, 0.25) is 0 Å². The molecule has 1 aromatic heterocycles. The van der Waals surface area contributed by atoms with Crippen LogP contribution in [0.3, 0.4) is 0 Å². The minimum Gasteiger partial charge on any atom is -0.460 e. The van der Waals surface area contributed by atoms with Crippen LogP contribution in [0.4, 0.5) is 0 Å². The minimum atomic E-state index is -0.379. The van der Waals surface area contributed by atoms with Crippen molar-refractivity contribution in [1.29, 1.82) is 0 Å². The first kappa shape index (κ1) is 9.71. The first-order valence-corrected chi connectivity index (χ1v) is 4.82. The standard InChI is InChI=1S/C11H12N2O2/c1-3-15-11(14)10-12-8-6-4-5-7-9(8)13(10)2/h4-7H,3H2,1-2H3. The molecule has 4 heteroatoms. The summed E-state index contributed by atoms with van der Waals surface area (Å²) >= 11 is 0. The summed E-state index contributed by atoms with van der Waals surface area (Å²) in [7, 11) is 1.81. The monoisotopic (exact) mass is 204 g/mol. The molecule has 0 bridgehead atoms. The molecule has 0 N–H and O–H groups in total. The summed E-state index contributed by atoms with van der Waals surface area (Å²) in [6.07, 6.45) is 0. The Balaban J connectivity index is 2.53. The van der Waals surface area contributed by atoms with Gasteiger partial charge < -0.3 is 9.30 Å². The van der Waals surface area contributed by atoms with Crippen LogP contribution in [0.1, 0.15) is 17.5 Å². The van der Waals surface area contributed by atoms with Gasteiger partial charge in [-0.1, -0.05) is 12.1 Å². The number of esters is 1. The van der Waals surface area contributed by atoms with Gasteiger partial charge in [0.15, 0.2) is 0 Å². The fourth-order valence-corrected chi connectivity index (χ4v) is 1.52. The second-order valence-electron chi connectivity index (χ2n) is 3.20. The summed E-state index contributed by atoms with van der Waals surface area (Å²) in [5.41, 5.74) is 1.74. The quantitative estimate of drug-likeness (QED) is 0.700. The molecule has 1 heterocycles. The van der Waals surface area contributed by atoms with Crippen LogP contribution < -0.4 is 0 Å². The topological polar surface area (TPSA) is 44.1 Å². The summed E-state index contributed by atoms with van der Waals surface area (Å²) in [5, 5.41) is 0. The number of ether oxygens (including phenoxy) is 1. The van der Waals surface area contributed by atoms with Crippen LogP contribution in [0.15, 0.2) is 24.3 Å². The lowest BCUT2D eigenvalue weighted by atomic mass is 10.3. The lowest BCUT2D eigenvalue weighted by Gasteiger charge is -2.01. The Hall–Kier alpha value is -1.84. The van der Waals surface area contributed by atoms with Crippen molar-refractivity contribution >= 4 is 17.0 Å². The highest BCUT2D eigenvalue weighted by Gasteiger charge is 2.15. The van der Waals surface area contributed by atoms with Crippen LogP contribution in [-0.2, 0) is 11.8 Å². The summed E-state index contributed by atoms with van der Waals surface area (Å²) < 4.78 is 6.66. The highest BCUT2D eigenvalue weighted by Crippen LogP contribution is 2.14. The van der Waals surface area contributed by atoms with Crippen molar-refractivity contribution < 1.29 is 9.53 Å². The van der Waals surface area contributed by atoms with Gasteiger partial charge in [-0.3, -0.25) is 0 Å². The molecular formula is C11H12N2O2. The Morgan fingerprint density at radius 3 is 2.87 bits per heavy atom. The van der Waals surface area contributed by atoms with Crippen molar-refractivity contribution in [2.75, 3.05) is 6.61 Å². The number of hydrogen-bond donors (Lipinski definition) is 0. The van der Waals surface area contributed by atoms with E-state index in [0.717, 1.165) is 11.0 Å². The zero-order valence-corrected chi connectivity index (χ0v) is 8.73. The van der Waals surface area contributed by atoms with E-state index in [4.69, 9.17) is 4.74 Å². The summed E-state index contributed by atoms with van der Waals surface area (Å²) in [4.78, 5) is 15.7. The second kappa shape index (κ2) is 3.73. The van der Waals surface area contributed by atoms with E-state index < -0.39 is 0 Å². The average molecular weight is 204 g/mol. The first-order valence-electron chi connectivity index (χ1n) is 4.82. The Morgan fingerprint density at radius 1 is 1.47 bits per heavy atom. The molecule has 1 aromatic carbocycles. The van der Waals surface area contributed by atoms with Crippen LogP contribution in [0, 0.1) is 0 Å². The van der Waals surface area contributed by atoms with Gasteiger partial charge in [0.05, 0.1) is 17.6 Å². The third kappa shape index (κ3) is 1.58. The molecule has 4 nitrogen and oxygen atoms in total. The summed E-state index contributed by atoms with van der Waals surface area (Å²) in [5.74, 6) is -0.0331. The molecule has 0 aliphatic carbocycles. The van der Waals surface area contributed by atoms with E-state index in [1.165, 1.54) is 0 Å². The molecule has 0 fully saturated rings. The van der Waals surface area contributed by atoms with Gasteiger partial charge in [0, 0.05) is 7.05 Å². The molecule has 15 heavy (non-hydrogen) atoms. The maximum absolute atomic E-state index is 11.5. The molecule has 2 rings (SSSR count). The van der Waals surface area contributed by atoms with Crippen molar-refractivity contribution in [3.05, 3.63) is 30.1 Å². The molecule has 0 amide bonds. The molecule has 0 aliphatic rings. The van der Waals surface area contributed by atoms with Gasteiger partial charge in [0.25, 0.3) is 0 Å². The Morgan fingerprint density at radius 2 is 2.20 bits per heavy atom. The maximum atomic E-state index is 11.5. The molecule has 0 unspecified atom stereocenters. The number of aromatic nitrogens is 2. The maximum Gasteiger partial charge on any atom is 0.374 e. The van der Waals surface area contributed by atoms with Crippen LogP contribution in [0.25, 0.3) is 11.0 Å². The molecule has 0 spiro atoms. The SMILES string of the molecule is CCOC(=O)c1nc2ccccc2n1C. The van der Waals surface area contributed by atoms with Gasteiger partial charge in [0.1, 0.15) is 0 Å². The third-order valence-electron chi connectivity index (χ3n) is 2.25. The zero-order valence-electron chi connectivity index (χ0n) is 8.73. The van der Waals surface area contributed by atoms with Crippen molar-refractivity contribution in [2.24, 2.45) is 7.05 Å². The smallest absolute Gasteiger partial charge is 0.374 e. The number of nitrogens with zero attached hydrogens (tertiary/aromatic N) is 2. The van der Waals surface area contributed by atoms with Gasteiger partial charge in [-0.2, -0.15) is 0 Å². The zero-order chi connectivity index (χ0) is 10.8. The molecule has 78 valence electrons. The fraction of sp³-hybridized carbons (Fsp3) is 0.273. The van der Waals surface area contributed by atoms with Crippen molar-refractivity contribution in [1.82, 2.24) is 9.55 Å². The number of fused-ring (bicyclic) bond motifs is 1. The lowest BCUT2D eigenvalue weighted by Crippen LogP contribution is -2.11. The van der Waals surface area contributed by atoms with Crippen molar-refractivity contribution in [3.63, 3.8) is 0 Å². The number of para-hydroxylation sites is 2. The number of imidazole rings is 1. The number of rotatable bonds is 2. The fourth-order valence-electron chi connectivity index (χ4n) is 1.52. The largest absolute Gasteiger partial charge is 0.460 e. The van der Waals surface area contributed by atoms with Crippen molar-refractivity contribution in [3.8, 4) is 0 Å².